The van der Waals surface area contributed by atoms with Crippen LogP contribution < -0.4 is 0 Å². The number of carbonyl (C=O) groups is 1. The molecule has 5 nitrogen and oxygen atoms in total. The Hall–Kier alpha value is -1.34. The first-order valence-corrected chi connectivity index (χ1v) is 6.38. The van der Waals surface area contributed by atoms with Gasteiger partial charge in [0.15, 0.2) is 0 Å². The summed E-state index contributed by atoms with van der Waals surface area (Å²) in [7, 11) is -3.85. The molecule has 0 aliphatic heterocycles. The molecule has 0 bridgehead atoms. The van der Waals surface area contributed by atoms with Crippen molar-refractivity contribution in [3.63, 3.8) is 0 Å². The van der Waals surface area contributed by atoms with E-state index < -0.39 is 19.2 Å². The Balaban J connectivity index is 5.13. The largest absolute Gasteiger partial charge is 0.480 e. The van der Waals surface area contributed by atoms with Crippen molar-refractivity contribution in [1.82, 2.24) is 0 Å². The lowest BCUT2D eigenvalue weighted by Gasteiger charge is -2.19. The predicted molar refractivity (Wildman–Crippen MR) is 64.8 cm³/mol. The topological polar surface area (TPSA) is 72.8 Å². The fourth-order valence-electron chi connectivity index (χ4n) is 0.912. The van der Waals surface area contributed by atoms with Crippen LogP contribution in [0.1, 0.15) is 6.92 Å². The molecule has 0 heterocycles. The van der Waals surface area contributed by atoms with Crippen molar-refractivity contribution in [2.24, 2.45) is 0 Å². The van der Waals surface area contributed by atoms with Crippen molar-refractivity contribution >= 4 is 13.6 Å². The van der Waals surface area contributed by atoms with Gasteiger partial charge in [-0.15, -0.1) is 19.1 Å². The van der Waals surface area contributed by atoms with E-state index in [1.165, 1.54) is 19.1 Å². The van der Waals surface area contributed by atoms with E-state index in [0.717, 1.165) is 0 Å². The van der Waals surface area contributed by atoms with Gasteiger partial charge in [0.2, 0.25) is 5.66 Å². The molecule has 1 N–H and O–H groups in total. The summed E-state index contributed by atoms with van der Waals surface area (Å²) in [6.07, 6.45) is 2.70. The van der Waals surface area contributed by atoms with Crippen LogP contribution in [0.5, 0.6) is 0 Å². The predicted octanol–water partition coefficient (Wildman–Crippen LogP) is 2.06. The highest BCUT2D eigenvalue weighted by Crippen LogP contribution is 2.53. The zero-order valence-electron chi connectivity index (χ0n) is 9.59. The Morgan fingerprint density at radius 1 is 1.41 bits per heavy atom. The summed E-state index contributed by atoms with van der Waals surface area (Å²) >= 11 is 0. The van der Waals surface area contributed by atoms with Crippen LogP contribution in [-0.2, 0) is 18.4 Å². The molecule has 0 saturated carbocycles. The number of rotatable bonds is 8. The van der Waals surface area contributed by atoms with Crippen LogP contribution in [0, 0.1) is 11.8 Å². The smallest absolute Gasteiger partial charge is 0.357 e. The average Bonchev–Trinajstić information content (AvgIpc) is 2.30. The summed E-state index contributed by atoms with van der Waals surface area (Å²) in [4.78, 5) is 11.0. The van der Waals surface area contributed by atoms with Gasteiger partial charge in [0, 0.05) is 0 Å². The molecule has 0 fully saturated rings. The molecule has 0 aromatic rings. The lowest BCUT2D eigenvalue weighted by molar-refractivity contribution is -0.135. The summed E-state index contributed by atoms with van der Waals surface area (Å²) in [5.41, 5.74) is -1.51. The van der Waals surface area contributed by atoms with E-state index in [-0.39, 0.29) is 13.2 Å². The van der Waals surface area contributed by atoms with Gasteiger partial charge in [-0.2, -0.15) is 0 Å². The highest BCUT2D eigenvalue weighted by molar-refractivity contribution is 7.56. The monoisotopic (exact) mass is 258 g/mol. The second-order valence-electron chi connectivity index (χ2n) is 2.84. The van der Waals surface area contributed by atoms with Crippen molar-refractivity contribution in [2.45, 2.75) is 12.6 Å². The fraction of sp³-hybridized carbons (Fsp3) is 0.364. The maximum Gasteiger partial charge on any atom is 0.357 e. The van der Waals surface area contributed by atoms with Gasteiger partial charge in [0.25, 0.3) is 0 Å². The van der Waals surface area contributed by atoms with E-state index in [2.05, 4.69) is 25.0 Å². The molecule has 0 aliphatic rings. The lowest BCUT2D eigenvalue weighted by Crippen LogP contribution is -2.21. The minimum absolute atomic E-state index is 0.0798. The van der Waals surface area contributed by atoms with Gasteiger partial charge in [-0.05, 0) is 6.92 Å². The zero-order valence-corrected chi connectivity index (χ0v) is 10.5. The maximum absolute atomic E-state index is 12.2. The average molecular weight is 258 g/mol. The molecule has 0 amide bonds. The molecule has 0 spiro atoms. The molecule has 94 valence electrons. The molecule has 0 saturated heterocycles. The molecular formula is C11H15O5P. The van der Waals surface area contributed by atoms with Gasteiger partial charge in [-0.3, -0.25) is 9.36 Å². The molecule has 0 radical (unpaired) electrons. The molecule has 0 aromatic carbocycles. The standard InChI is InChI=1S/C11H15O5P/c1-4-7-10(11(12)13)17(14,15-8-5-2)16-9-6-3/h5-6,10H,2-3,8-9H2,1H3,(H,12,13). The normalized spacial score (nSPS) is 12.1. The first-order valence-electron chi connectivity index (χ1n) is 4.77. The molecule has 0 aromatic heterocycles. The third-order valence-corrected chi connectivity index (χ3v) is 3.58. The number of aliphatic carboxylic acids is 1. The van der Waals surface area contributed by atoms with Crippen LogP contribution in [0.15, 0.2) is 25.3 Å². The van der Waals surface area contributed by atoms with Crippen LogP contribution in [0.2, 0.25) is 0 Å². The van der Waals surface area contributed by atoms with Crippen molar-refractivity contribution in [3.05, 3.63) is 25.3 Å². The van der Waals surface area contributed by atoms with Gasteiger partial charge in [0.1, 0.15) is 0 Å². The number of carboxylic acid groups (broad SMARTS) is 1. The van der Waals surface area contributed by atoms with Crippen LogP contribution in [-0.4, -0.2) is 29.9 Å². The number of hydrogen-bond acceptors (Lipinski definition) is 4. The fourth-order valence-corrected chi connectivity index (χ4v) is 2.47. The SMILES string of the molecule is C=CCOP(=O)(OCC=C)C(C#CC)C(=O)O. The quantitative estimate of drug-likeness (QED) is 0.410. The first kappa shape index (κ1) is 15.7. The van der Waals surface area contributed by atoms with Crippen molar-refractivity contribution < 1.29 is 23.5 Å². The van der Waals surface area contributed by atoms with Crippen molar-refractivity contribution in [3.8, 4) is 11.8 Å². The Morgan fingerprint density at radius 3 is 2.18 bits per heavy atom. The minimum atomic E-state index is -3.85. The van der Waals surface area contributed by atoms with Gasteiger partial charge in [-0.1, -0.05) is 18.1 Å². The number of carboxylic acids is 1. The van der Waals surface area contributed by atoms with Gasteiger partial charge in [-0.25, -0.2) is 0 Å². The second-order valence-corrected chi connectivity index (χ2v) is 4.96. The summed E-state index contributed by atoms with van der Waals surface area (Å²) < 4.78 is 22.1. The molecule has 1 unspecified atom stereocenters. The first-order chi connectivity index (χ1) is 8.01. The van der Waals surface area contributed by atoms with Crippen LogP contribution in [0.4, 0.5) is 0 Å². The van der Waals surface area contributed by atoms with Crippen molar-refractivity contribution in [2.75, 3.05) is 13.2 Å². The third kappa shape index (κ3) is 5.01. The minimum Gasteiger partial charge on any atom is -0.480 e. The summed E-state index contributed by atoms with van der Waals surface area (Å²) in [6, 6.07) is 0. The Bertz CT molecular complexity index is 374. The molecule has 6 heteroatoms. The third-order valence-electron chi connectivity index (χ3n) is 1.58. The van der Waals surface area contributed by atoms with Gasteiger partial charge in [0.05, 0.1) is 13.2 Å². The zero-order chi connectivity index (χ0) is 13.3. The van der Waals surface area contributed by atoms with Crippen LogP contribution >= 0.6 is 7.60 Å². The molecule has 0 aliphatic carbocycles. The van der Waals surface area contributed by atoms with Gasteiger partial charge >= 0.3 is 13.6 Å². The van der Waals surface area contributed by atoms with Crippen LogP contribution in [0.25, 0.3) is 0 Å². The molecule has 17 heavy (non-hydrogen) atoms. The van der Waals surface area contributed by atoms with E-state index in [9.17, 15) is 9.36 Å². The summed E-state index contributed by atoms with van der Waals surface area (Å²) in [6.45, 7) is 8.06. The van der Waals surface area contributed by atoms with E-state index >= 15 is 0 Å². The van der Waals surface area contributed by atoms with E-state index in [1.807, 2.05) is 0 Å². The Kier molecular flexibility index (Phi) is 7.24. The molecule has 1 atom stereocenters. The summed E-state index contributed by atoms with van der Waals surface area (Å²) in [5.74, 6) is 3.35. The van der Waals surface area contributed by atoms with Gasteiger partial charge < -0.3 is 14.2 Å². The van der Waals surface area contributed by atoms with E-state index in [0.29, 0.717) is 0 Å². The highest BCUT2D eigenvalue weighted by atomic mass is 31.2. The van der Waals surface area contributed by atoms with E-state index in [4.69, 9.17) is 14.2 Å². The number of hydrogen-bond donors (Lipinski definition) is 1. The Morgan fingerprint density at radius 2 is 1.88 bits per heavy atom. The van der Waals surface area contributed by atoms with Crippen molar-refractivity contribution in [1.29, 1.82) is 0 Å². The summed E-state index contributed by atoms with van der Waals surface area (Å²) in [5, 5.41) is 8.95. The van der Waals surface area contributed by atoms with E-state index in [1.54, 1.807) is 0 Å². The highest BCUT2D eigenvalue weighted by Gasteiger charge is 2.40. The molecule has 0 rings (SSSR count). The second kappa shape index (κ2) is 7.86. The molecular weight excluding hydrogens is 243 g/mol. The Labute approximate surface area is 101 Å². The maximum atomic E-state index is 12.2. The van der Waals surface area contributed by atoms with Crippen LogP contribution in [0.3, 0.4) is 0 Å². The lowest BCUT2D eigenvalue weighted by atomic mass is 10.4.